The predicted octanol–water partition coefficient (Wildman–Crippen LogP) is 0.809. The standard InChI is InChI=1S/C22H26FN9O10P2/c1-9-14-20(29-6-30(9)2)31(7-27-14)10-3-11-16(33)17(10)41-43(34,35)38-4-12-18(42-44(36,37)40-11)13(23)22(39-12)32-8-28-15-19(24)25-5-26-21(15)32/h5-8,10-13,16-18,22,33H,1,3-4H2,2H3,(H,34,35)(H,36,37)(H2,24,25,26)/t10-,11+,12-,13-,16-,17+,18-,22-/m1/s1. The molecule has 236 valence electrons. The minimum atomic E-state index is -5.13. The summed E-state index contributed by atoms with van der Waals surface area (Å²) in [6.07, 6.45) is -6.89. The third-order valence-electron chi connectivity index (χ3n) is 7.86. The van der Waals surface area contributed by atoms with E-state index in [1.807, 2.05) is 0 Å². The molecular formula is C22H26FN9O10P2. The van der Waals surface area contributed by atoms with Crippen LogP contribution in [0.3, 0.4) is 0 Å². The van der Waals surface area contributed by atoms with Crippen LogP contribution in [0.5, 0.6) is 0 Å². The normalized spacial score (nSPS) is 39.2. The lowest BCUT2D eigenvalue weighted by atomic mass is 10.1. The maximum absolute atomic E-state index is 15.9. The molecule has 19 nitrogen and oxygen atoms in total. The maximum atomic E-state index is 15.9. The monoisotopic (exact) mass is 657 g/mol. The van der Waals surface area contributed by atoms with Gasteiger partial charge in [-0.05, 0) is 0 Å². The number of phosphoric acid groups is 2. The van der Waals surface area contributed by atoms with Crippen LogP contribution in [-0.2, 0) is 32.0 Å². The van der Waals surface area contributed by atoms with Gasteiger partial charge in [-0.3, -0.25) is 22.7 Å². The minimum Gasteiger partial charge on any atom is -0.388 e. The molecule has 6 heterocycles. The number of rotatable bonds is 2. The molecular weight excluding hydrogens is 631 g/mol. The van der Waals surface area contributed by atoms with Crippen molar-refractivity contribution < 1.29 is 51.2 Å². The second-order valence-electron chi connectivity index (χ2n) is 10.5. The summed E-state index contributed by atoms with van der Waals surface area (Å²) < 4.78 is 71.9. The molecule has 0 radical (unpaired) electrons. The molecule has 3 aromatic heterocycles. The Hall–Kier alpha value is -3.16. The van der Waals surface area contributed by atoms with Crippen molar-refractivity contribution >= 4 is 50.5 Å². The van der Waals surface area contributed by atoms with Crippen LogP contribution in [0.15, 0.2) is 30.6 Å². The van der Waals surface area contributed by atoms with Crippen molar-refractivity contribution in [3.63, 3.8) is 0 Å². The molecule has 3 aliphatic heterocycles. The molecule has 10 atom stereocenters. The van der Waals surface area contributed by atoms with Crippen LogP contribution in [0, 0.1) is 0 Å². The summed E-state index contributed by atoms with van der Waals surface area (Å²) in [7, 11) is -8.41. The maximum Gasteiger partial charge on any atom is 0.473 e. The highest BCUT2D eigenvalue weighted by Crippen LogP contribution is 2.57. The Morgan fingerprint density at radius 3 is 2.59 bits per heavy atom. The number of hydrogen-bond donors (Lipinski definition) is 4. The average molecular weight is 657 g/mol. The number of aliphatic imine (C=N–C) groups is 1. The molecule has 2 bridgehead atoms. The number of halogens is 1. The lowest BCUT2D eigenvalue weighted by Crippen LogP contribution is -2.37. The minimum absolute atomic E-state index is 0.0204. The lowest BCUT2D eigenvalue weighted by molar-refractivity contribution is -0.0664. The number of ether oxygens (including phenoxy) is 1. The van der Waals surface area contributed by atoms with Gasteiger partial charge in [0.05, 0.1) is 37.3 Å². The molecule has 2 unspecified atom stereocenters. The van der Waals surface area contributed by atoms with Crippen LogP contribution in [0.25, 0.3) is 16.9 Å². The Balaban J connectivity index is 1.20. The fourth-order valence-corrected chi connectivity index (χ4v) is 7.83. The summed E-state index contributed by atoms with van der Waals surface area (Å²) in [4.78, 5) is 43.6. The van der Waals surface area contributed by atoms with Gasteiger partial charge >= 0.3 is 15.6 Å². The van der Waals surface area contributed by atoms with Gasteiger partial charge in [-0.1, -0.05) is 6.58 Å². The molecule has 0 aromatic carbocycles. The van der Waals surface area contributed by atoms with Gasteiger partial charge in [0.2, 0.25) is 0 Å². The molecule has 22 heteroatoms. The summed E-state index contributed by atoms with van der Waals surface area (Å²) in [5.74, 6) is 0.321. The first kappa shape index (κ1) is 29.5. The number of aromatic nitrogens is 6. The zero-order chi connectivity index (χ0) is 31.1. The Kier molecular flexibility index (Phi) is 7.02. The molecule has 1 aliphatic carbocycles. The third-order valence-corrected chi connectivity index (χ3v) is 9.89. The number of imidazole rings is 2. The molecule has 1 saturated carbocycles. The molecule has 0 spiro atoms. The summed E-state index contributed by atoms with van der Waals surface area (Å²) >= 11 is 0. The molecule has 0 amide bonds. The number of phosphoric ester groups is 2. The van der Waals surface area contributed by atoms with Crippen LogP contribution in [0.2, 0.25) is 0 Å². The molecule has 5 N–H and O–H groups in total. The Morgan fingerprint density at radius 2 is 1.80 bits per heavy atom. The van der Waals surface area contributed by atoms with Crippen molar-refractivity contribution in [2.45, 2.75) is 55.4 Å². The first-order valence-corrected chi connectivity index (χ1v) is 16.1. The molecule has 4 aliphatic rings. The van der Waals surface area contributed by atoms with Gasteiger partial charge in [0.25, 0.3) is 0 Å². The van der Waals surface area contributed by atoms with E-state index in [1.54, 1.807) is 11.9 Å². The van der Waals surface area contributed by atoms with Crippen LogP contribution in [0.1, 0.15) is 24.4 Å². The van der Waals surface area contributed by atoms with Gasteiger partial charge in [0.1, 0.15) is 48.1 Å². The van der Waals surface area contributed by atoms with Crippen LogP contribution < -0.4 is 5.73 Å². The SMILES string of the molecule is C=C1c2ncn([C@@H]3C[C@@H]4OP(=O)(O)O[C@H]5[C@@H](F)[C@H](n6cnc7c(N)ncnc76)O[C@@H]5COP(=O)(O)O[C@@H]3[C@@H]4O)c2N=CN1C. The summed E-state index contributed by atoms with van der Waals surface area (Å²) in [5.41, 5.74) is 6.97. The number of nitrogens with zero attached hydrogens (tertiary/aromatic N) is 8. The van der Waals surface area contributed by atoms with Gasteiger partial charge in [-0.2, -0.15) is 0 Å². The number of alkyl halides is 1. The summed E-state index contributed by atoms with van der Waals surface area (Å²) in [5, 5.41) is 11.1. The number of anilines is 1. The van der Waals surface area contributed by atoms with Crippen LogP contribution in [-0.4, -0.2) is 106 Å². The number of nitrogen functional groups attached to an aromatic ring is 1. The van der Waals surface area contributed by atoms with Crippen molar-refractivity contribution in [2.75, 3.05) is 19.4 Å². The van der Waals surface area contributed by atoms with Crippen molar-refractivity contribution in [2.24, 2.45) is 4.99 Å². The average Bonchev–Trinajstić information content (AvgIpc) is 3.72. The molecule has 2 saturated heterocycles. The first-order valence-electron chi connectivity index (χ1n) is 13.1. The fourth-order valence-electron chi connectivity index (χ4n) is 5.70. The van der Waals surface area contributed by atoms with Gasteiger partial charge < -0.3 is 34.8 Å². The lowest BCUT2D eigenvalue weighted by Gasteiger charge is -2.29. The van der Waals surface area contributed by atoms with E-state index in [1.165, 1.54) is 28.1 Å². The number of aliphatic hydroxyl groups excluding tert-OH is 1. The van der Waals surface area contributed by atoms with Crippen LogP contribution in [0.4, 0.5) is 16.0 Å². The zero-order valence-electron chi connectivity index (χ0n) is 22.7. The highest BCUT2D eigenvalue weighted by molar-refractivity contribution is 7.47. The highest BCUT2D eigenvalue weighted by atomic mass is 31.2. The van der Waals surface area contributed by atoms with Gasteiger partial charge in [-0.25, -0.2) is 38.4 Å². The predicted molar refractivity (Wildman–Crippen MR) is 146 cm³/mol. The zero-order valence-corrected chi connectivity index (χ0v) is 24.5. The molecule has 7 rings (SSSR count). The second-order valence-corrected chi connectivity index (χ2v) is 13.3. The van der Waals surface area contributed by atoms with Crippen molar-refractivity contribution in [3.05, 3.63) is 31.3 Å². The first-order chi connectivity index (χ1) is 20.8. The van der Waals surface area contributed by atoms with Crippen molar-refractivity contribution in [1.29, 1.82) is 0 Å². The van der Waals surface area contributed by atoms with Gasteiger partial charge in [-0.15, -0.1) is 0 Å². The Morgan fingerprint density at radius 1 is 1.05 bits per heavy atom. The van der Waals surface area contributed by atoms with Gasteiger partial charge in [0, 0.05) is 13.5 Å². The van der Waals surface area contributed by atoms with E-state index in [0.717, 1.165) is 6.33 Å². The quantitative estimate of drug-likeness (QED) is 0.279. The van der Waals surface area contributed by atoms with Crippen LogP contribution >= 0.6 is 15.6 Å². The number of hydrogen-bond acceptors (Lipinski definition) is 15. The van der Waals surface area contributed by atoms with E-state index in [4.69, 9.17) is 28.6 Å². The smallest absolute Gasteiger partial charge is 0.388 e. The summed E-state index contributed by atoms with van der Waals surface area (Å²) in [6, 6.07) is -0.984. The van der Waals surface area contributed by atoms with E-state index in [-0.39, 0.29) is 23.4 Å². The Bertz CT molecular complexity index is 1770. The van der Waals surface area contributed by atoms with E-state index in [9.17, 15) is 24.0 Å². The van der Waals surface area contributed by atoms with Gasteiger partial charge in [0.15, 0.2) is 29.7 Å². The van der Waals surface area contributed by atoms with E-state index >= 15 is 4.39 Å². The number of aliphatic hydroxyl groups is 1. The second kappa shape index (κ2) is 10.4. The molecule has 3 aromatic rings. The Labute approximate surface area is 246 Å². The van der Waals surface area contributed by atoms with E-state index in [2.05, 4.69) is 31.5 Å². The largest absolute Gasteiger partial charge is 0.473 e. The third kappa shape index (κ3) is 4.87. The number of nitrogens with two attached hydrogens (primary N) is 1. The fraction of sp³-hybridized carbons (Fsp3) is 0.500. The number of fused-ring (bicyclic) bond motifs is 5. The van der Waals surface area contributed by atoms with E-state index in [0.29, 0.717) is 17.2 Å². The highest BCUT2D eigenvalue weighted by Gasteiger charge is 2.56. The summed E-state index contributed by atoms with van der Waals surface area (Å²) in [6.45, 7) is 3.13. The van der Waals surface area contributed by atoms with Crippen molar-refractivity contribution in [3.8, 4) is 0 Å². The molecule has 3 fully saturated rings. The molecule has 44 heavy (non-hydrogen) atoms. The van der Waals surface area contributed by atoms with E-state index < -0.39 is 71.2 Å². The van der Waals surface area contributed by atoms with Crippen molar-refractivity contribution in [1.82, 2.24) is 34.0 Å². The topological polar surface area (TPSA) is 244 Å².